The largest absolute Gasteiger partial charge is 0.508 e. The van der Waals surface area contributed by atoms with E-state index in [0.29, 0.717) is 10.8 Å². The van der Waals surface area contributed by atoms with E-state index in [1.54, 1.807) is 37.3 Å². The molecule has 0 aliphatic heterocycles. The maximum absolute atomic E-state index is 12.0. The Labute approximate surface area is 139 Å². The second kappa shape index (κ2) is 7.65. The average molecular weight is 333 g/mol. The van der Waals surface area contributed by atoms with Crippen molar-refractivity contribution in [2.75, 3.05) is 0 Å². The molecule has 2 N–H and O–H groups in total. The molecule has 2 rings (SSSR count). The molecule has 0 aromatic heterocycles. The van der Waals surface area contributed by atoms with Crippen molar-refractivity contribution in [3.63, 3.8) is 0 Å². The molecule has 0 radical (unpaired) electrons. The monoisotopic (exact) mass is 332 g/mol. The first-order valence-corrected chi connectivity index (χ1v) is 7.38. The Hall–Kier alpha value is -2.53. The minimum Gasteiger partial charge on any atom is -0.508 e. The predicted molar refractivity (Wildman–Crippen MR) is 90.1 cm³/mol. The van der Waals surface area contributed by atoms with Gasteiger partial charge < -0.3 is 9.84 Å². The molecule has 1 atom stereocenters. The minimum atomic E-state index is -0.702. The zero-order valence-electron chi connectivity index (χ0n) is 12.8. The number of hydrazone groups is 1. The van der Waals surface area contributed by atoms with Crippen molar-refractivity contribution in [2.24, 2.45) is 5.10 Å². The van der Waals surface area contributed by atoms with E-state index in [9.17, 15) is 9.90 Å². The summed E-state index contributed by atoms with van der Waals surface area (Å²) in [6, 6.07) is 11.6. The molecule has 0 saturated heterocycles. The molecule has 2 aromatic rings. The fourth-order valence-corrected chi connectivity index (χ4v) is 2.04. The number of halogens is 1. The van der Waals surface area contributed by atoms with Gasteiger partial charge in [-0.05, 0) is 67.4 Å². The van der Waals surface area contributed by atoms with Gasteiger partial charge in [-0.15, -0.1) is 0 Å². The number of hydrogen-bond donors (Lipinski definition) is 2. The van der Waals surface area contributed by atoms with Crippen molar-refractivity contribution >= 4 is 23.7 Å². The quantitative estimate of drug-likeness (QED) is 0.652. The molecule has 120 valence electrons. The number of aryl methyl sites for hydroxylation is 1. The van der Waals surface area contributed by atoms with Crippen LogP contribution in [0.25, 0.3) is 0 Å². The van der Waals surface area contributed by atoms with Gasteiger partial charge in [0.25, 0.3) is 5.91 Å². The summed E-state index contributed by atoms with van der Waals surface area (Å²) in [6.45, 7) is 3.49. The number of amides is 1. The molecule has 0 saturated carbocycles. The number of carbonyl (C=O) groups excluding carboxylic acids is 1. The number of ether oxygens (including phenoxy) is 1. The zero-order chi connectivity index (χ0) is 16.8. The number of aromatic hydroxyl groups is 1. The van der Waals surface area contributed by atoms with Crippen LogP contribution in [0, 0.1) is 6.92 Å². The number of nitrogens with zero attached hydrogens (tertiary/aromatic N) is 1. The van der Waals surface area contributed by atoms with Crippen molar-refractivity contribution in [3.05, 3.63) is 58.6 Å². The number of carbonyl (C=O) groups is 1. The van der Waals surface area contributed by atoms with Crippen molar-refractivity contribution in [1.29, 1.82) is 0 Å². The van der Waals surface area contributed by atoms with E-state index in [4.69, 9.17) is 16.3 Å². The van der Waals surface area contributed by atoms with E-state index in [-0.39, 0.29) is 11.7 Å². The first-order chi connectivity index (χ1) is 11.0. The van der Waals surface area contributed by atoms with Gasteiger partial charge in [0.15, 0.2) is 6.10 Å². The summed E-state index contributed by atoms with van der Waals surface area (Å²) in [6.07, 6.45) is 0.782. The van der Waals surface area contributed by atoms with Gasteiger partial charge in [-0.1, -0.05) is 11.6 Å². The van der Waals surface area contributed by atoms with Crippen molar-refractivity contribution in [3.8, 4) is 11.5 Å². The van der Waals surface area contributed by atoms with Crippen molar-refractivity contribution in [1.82, 2.24) is 5.43 Å². The lowest BCUT2D eigenvalue weighted by atomic mass is 10.2. The molecule has 0 spiro atoms. The lowest BCUT2D eigenvalue weighted by Gasteiger charge is -2.14. The number of hydrogen-bond acceptors (Lipinski definition) is 4. The zero-order valence-corrected chi connectivity index (χ0v) is 13.5. The van der Waals surface area contributed by atoms with Crippen LogP contribution in [0.1, 0.15) is 18.1 Å². The Morgan fingerprint density at radius 1 is 1.30 bits per heavy atom. The Kier molecular flexibility index (Phi) is 5.60. The highest BCUT2D eigenvalue weighted by Gasteiger charge is 2.15. The van der Waals surface area contributed by atoms with Gasteiger partial charge in [0, 0.05) is 5.02 Å². The third-order valence-electron chi connectivity index (χ3n) is 3.09. The molecular formula is C17H17ClN2O3. The number of rotatable bonds is 5. The van der Waals surface area contributed by atoms with Gasteiger partial charge in [0.2, 0.25) is 0 Å². The second-order valence-electron chi connectivity index (χ2n) is 5.00. The summed E-state index contributed by atoms with van der Waals surface area (Å²) in [5, 5.41) is 13.7. The third-order valence-corrected chi connectivity index (χ3v) is 3.33. The molecule has 5 nitrogen and oxygen atoms in total. The van der Waals surface area contributed by atoms with Gasteiger partial charge in [-0.2, -0.15) is 5.10 Å². The summed E-state index contributed by atoms with van der Waals surface area (Å²) in [5.41, 5.74) is 4.02. The Morgan fingerprint density at radius 2 is 2.00 bits per heavy atom. The van der Waals surface area contributed by atoms with E-state index in [1.165, 1.54) is 18.3 Å². The predicted octanol–water partition coefficient (Wildman–Crippen LogP) is 3.27. The molecule has 0 bridgehead atoms. The van der Waals surface area contributed by atoms with Crippen LogP contribution in [0.2, 0.25) is 5.02 Å². The highest BCUT2D eigenvalue weighted by atomic mass is 35.5. The van der Waals surface area contributed by atoms with Crippen LogP contribution in [0.4, 0.5) is 0 Å². The van der Waals surface area contributed by atoms with Crippen LogP contribution in [0.15, 0.2) is 47.6 Å². The first kappa shape index (κ1) is 16.8. The van der Waals surface area contributed by atoms with Gasteiger partial charge in [0.05, 0.1) is 6.21 Å². The van der Waals surface area contributed by atoms with Crippen LogP contribution in [-0.4, -0.2) is 23.3 Å². The fraction of sp³-hybridized carbons (Fsp3) is 0.176. The SMILES string of the molecule is Cc1cc(Cl)ccc1O[C@@H](C)C(=O)N/N=C\c1ccc(O)cc1. The summed E-state index contributed by atoms with van der Waals surface area (Å²) in [5.74, 6) is 0.403. The number of phenols is 1. The smallest absolute Gasteiger partial charge is 0.280 e. The highest BCUT2D eigenvalue weighted by Crippen LogP contribution is 2.22. The maximum atomic E-state index is 12.0. The molecular weight excluding hydrogens is 316 g/mol. The van der Waals surface area contributed by atoms with E-state index in [0.717, 1.165) is 11.1 Å². The van der Waals surface area contributed by atoms with Crippen molar-refractivity contribution < 1.29 is 14.6 Å². The third kappa shape index (κ3) is 5.00. The molecule has 0 aliphatic rings. The fourth-order valence-electron chi connectivity index (χ4n) is 1.81. The molecule has 1 amide bonds. The first-order valence-electron chi connectivity index (χ1n) is 7.00. The summed E-state index contributed by atoms with van der Waals surface area (Å²) >= 11 is 5.88. The number of nitrogens with one attached hydrogen (secondary N) is 1. The van der Waals surface area contributed by atoms with Crippen molar-refractivity contribution in [2.45, 2.75) is 20.0 Å². The Morgan fingerprint density at radius 3 is 2.65 bits per heavy atom. The van der Waals surface area contributed by atoms with Gasteiger partial charge in [-0.25, -0.2) is 5.43 Å². The van der Waals surface area contributed by atoms with E-state index in [1.807, 2.05) is 6.92 Å². The Balaban J connectivity index is 1.90. The molecule has 23 heavy (non-hydrogen) atoms. The van der Waals surface area contributed by atoms with Gasteiger partial charge in [-0.3, -0.25) is 4.79 Å². The molecule has 0 unspecified atom stereocenters. The van der Waals surface area contributed by atoms with Crippen LogP contribution < -0.4 is 10.2 Å². The summed E-state index contributed by atoms with van der Waals surface area (Å²) in [7, 11) is 0. The van der Waals surface area contributed by atoms with E-state index < -0.39 is 6.10 Å². The van der Waals surface area contributed by atoms with Crippen LogP contribution >= 0.6 is 11.6 Å². The molecule has 0 aliphatic carbocycles. The second-order valence-corrected chi connectivity index (χ2v) is 5.43. The topological polar surface area (TPSA) is 70.9 Å². The molecule has 6 heteroatoms. The average Bonchev–Trinajstić information content (AvgIpc) is 2.51. The Bertz CT molecular complexity index is 714. The van der Waals surface area contributed by atoms with Gasteiger partial charge >= 0.3 is 0 Å². The highest BCUT2D eigenvalue weighted by molar-refractivity contribution is 6.30. The van der Waals surface area contributed by atoms with Crippen LogP contribution in [0.3, 0.4) is 0 Å². The lowest BCUT2D eigenvalue weighted by Crippen LogP contribution is -2.33. The maximum Gasteiger partial charge on any atom is 0.280 e. The normalized spacial score (nSPS) is 12.1. The van der Waals surface area contributed by atoms with Crippen LogP contribution in [-0.2, 0) is 4.79 Å². The standard InChI is InChI=1S/C17H17ClN2O3/c1-11-9-14(18)5-8-16(11)23-12(2)17(22)20-19-10-13-3-6-15(21)7-4-13/h3-10,12,21H,1-2H3,(H,20,22)/b19-10-/t12-/m0/s1. The molecule has 0 heterocycles. The van der Waals surface area contributed by atoms with E-state index >= 15 is 0 Å². The summed E-state index contributed by atoms with van der Waals surface area (Å²) in [4.78, 5) is 12.0. The number of phenolic OH excluding ortho intramolecular Hbond substituents is 1. The van der Waals surface area contributed by atoms with Gasteiger partial charge in [0.1, 0.15) is 11.5 Å². The lowest BCUT2D eigenvalue weighted by molar-refractivity contribution is -0.127. The molecule has 0 fully saturated rings. The van der Waals surface area contributed by atoms with E-state index in [2.05, 4.69) is 10.5 Å². The van der Waals surface area contributed by atoms with Crippen LogP contribution in [0.5, 0.6) is 11.5 Å². The minimum absolute atomic E-state index is 0.173. The summed E-state index contributed by atoms with van der Waals surface area (Å²) < 4.78 is 5.60. The number of benzene rings is 2. The molecule has 2 aromatic carbocycles.